The first kappa shape index (κ1) is 38.7. The van der Waals surface area contributed by atoms with E-state index in [9.17, 15) is 0 Å². The minimum atomic E-state index is 0. The maximum absolute atomic E-state index is 8.60. The summed E-state index contributed by atoms with van der Waals surface area (Å²) in [7, 11) is 0. The Labute approximate surface area is 252 Å². The van der Waals surface area contributed by atoms with Gasteiger partial charge < -0.3 is 68.9 Å². The second kappa shape index (κ2) is 20.2. The van der Waals surface area contributed by atoms with Crippen LogP contribution in [0.5, 0.6) is 0 Å². The number of benzene rings is 2. The van der Waals surface area contributed by atoms with Crippen LogP contribution in [-0.4, -0.2) is 52.6 Å². The molecule has 0 amide bonds. The molecule has 2 fully saturated rings. The fourth-order valence-electron chi connectivity index (χ4n) is 3.24. The number of nitrogens with zero attached hydrogens (tertiary/aromatic N) is 6. The van der Waals surface area contributed by atoms with Crippen molar-refractivity contribution in [3.63, 3.8) is 0 Å². The number of hydrogen-bond donors (Lipinski definition) is 0. The fraction of sp³-hybridized carbons (Fsp3) is 0.400. The monoisotopic (exact) mass is 652 g/mol. The van der Waals surface area contributed by atoms with Crippen LogP contribution in [0, 0.1) is 10.8 Å². The molecule has 2 aliphatic rings. The van der Waals surface area contributed by atoms with Gasteiger partial charge in [0.05, 0.1) is 60.0 Å². The first-order valence-corrected chi connectivity index (χ1v) is 10.3. The Hall–Kier alpha value is -0.837. The molecule has 2 aromatic rings. The Kier molecular flexibility index (Phi) is 22.4. The summed E-state index contributed by atoms with van der Waals surface area (Å²) in [5.74, 6) is 0. The van der Waals surface area contributed by atoms with Gasteiger partial charge in [-0.15, -0.1) is 0 Å². The van der Waals surface area contributed by atoms with E-state index in [2.05, 4.69) is 19.8 Å². The summed E-state index contributed by atoms with van der Waals surface area (Å²) < 4.78 is 10.5. The van der Waals surface area contributed by atoms with Crippen LogP contribution in [0.15, 0.2) is 36.4 Å². The number of diazo groups is 2. The number of rotatable bonds is 2. The molecule has 15 heteroatoms. The molecule has 0 saturated carbocycles. The maximum Gasteiger partial charge on any atom is 2.00 e. The molecule has 0 bridgehead atoms. The van der Waals surface area contributed by atoms with Crippen LogP contribution in [0.25, 0.3) is 9.95 Å². The number of anilines is 2. The first-order valence-electron chi connectivity index (χ1n) is 9.57. The summed E-state index contributed by atoms with van der Waals surface area (Å²) in [6, 6.07) is 10.5. The first-order chi connectivity index (χ1) is 14.6. The predicted octanol–water partition coefficient (Wildman–Crippen LogP) is -6.66. The zero-order valence-corrected chi connectivity index (χ0v) is 26.1. The van der Waals surface area contributed by atoms with Gasteiger partial charge in [0, 0.05) is 38.3 Å². The van der Waals surface area contributed by atoms with Gasteiger partial charge >= 0.3 is 30.9 Å². The van der Waals surface area contributed by atoms with Gasteiger partial charge in [-0.3, -0.25) is 0 Å². The van der Waals surface area contributed by atoms with Crippen molar-refractivity contribution in [3.8, 4) is 0 Å². The third-order valence-corrected chi connectivity index (χ3v) is 5.40. The van der Waals surface area contributed by atoms with E-state index >= 15 is 0 Å². The minimum Gasteiger partial charge on any atom is -1.00 e. The van der Waals surface area contributed by atoms with Crippen LogP contribution in [0.4, 0.5) is 22.7 Å². The van der Waals surface area contributed by atoms with E-state index in [-0.39, 0.29) is 69.1 Å². The molecular weight excluding hydrogens is 634 g/mol. The van der Waals surface area contributed by atoms with Crippen LogP contribution in [0.2, 0.25) is 10.0 Å². The second-order valence-electron chi connectivity index (χ2n) is 6.67. The smallest absolute Gasteiger partial charge is 1.00 e. The quantitative estimate of drug-likeness (QED) is 0.237. The third kappa shape index (κ3) is 11.4. The molecule has 35 heavy (non-hydrogen) atoms. The third-order valence-electron chi connectivity index (χ3n) is 4.80. The van der Waals surface area contributed by atoms with Gasteiger partial charge in [0.2, 0.25) is 10.8 Å². The topological polar surface area (TPSA) is 81.2 Å². The molecule has 0 spiro atoms. The van der Waals surface area contributed by atoms with Gasteiger partial charge in [-0.2, -0.15) is 0 Å². The molecule has 0 unspecified atom stereocenters. The summed E-state index contributed by atoms with van der Waals surface area (Å²) >= 11 is 12.2. The SMILES string of the molecule is N#[N+]c1ccc(N2CCOCC2)c(Cl)c1.N#[N+]c1ccc(N2CCOCC2)c(Cl)c1.[Cl-].[Cl-].[Cl-].[Cl-].[Zn+2]. The molecule has 0 N–H and O–H groups in total. The van der Waals surface area contributed by atoms with Crippen LogP contribution < -0.4 is 59.4 Å². The average Bonchev–Trinajstić information content (AvgIpc) is 2.80. The van der Waals surface area contributed by atoms with Crippen LogP contribution in [-0.2, 0) is 29.0 Å². The molecule has 0 aromatic heterocycles. The number of hydrogen-bond acceptors (Lipinski definition) is 6. The van der Waals surface area contributed by atoms with Gasteiger partial charge in [-0.05, 0) is 12.1 Å². The van der Waals surface area contributed by atoms with E-state index in [1.807, 2.05) is 12.1 Å². The van der Waals surface area contributed by atoms with Crippen LogP contribution in [0.1, 0.15) is 0 Å². The molecule has 0 atom stereocenters. The van der Waals surface area contributed by atoms with Crippen molar-refractivity contribution in [1.82, 2.24) is 0 Å². The van der Waals surface area contributed by atoms with E-state index in [1.165, 1.54) is 0 Å². The summed E-state index contributed by atoms with van der Waals surface area (Å²) in [6.07, 6.45) is 0. The van der Waals surface area contributed by atoms with Crippen molar-refractivity contribution in [2.24, 2.45) is 0 Å². The molecule has 0 radical (unpaired) electrons. The van der Waals surface area contributed by atoms with Crippen molar-refractivity contribution in [1.29, 1.82) is 10.8 Å². The summed E-state index contributed by atoms with van der Waals surface area (Å²) in [4.78, 5) is 10.5. The van der Waals surface area contributed by atoms with Gasteiger partial charge in [-0.1, -0.05) is 23.2 Å². The fourth-order valence-corrected chi connectivity index (χ4v) is 3.83. The van der Waals surface area contributed by atoms with Gasteiger partial charge in [0.25, 0.3) is 0 Å². The predicted molar refractivity (Wildman–Crippen MR) is 118 cm³/mol. The largest absolute Gasteiger partial charge is 2.00 e. The minimum absolute atomic E-state index is 0. The van der Waals surface area contributed by atoms with Crippen LogP contribution >= 0.6 is 23.2 Å². The Bertz CT molecular complexity index is 889. The van der Waals surface area contributed by atoms with Crippen molar-refractivity contribution in [2.45, 2.75) is 0 Å². The molecular formula is C20H22Cl6N6O2Zn. The molecule has 2 saturated heterocycles. The zero-order valence-electron chi connectivity index (χ0n) is 18.6. The average molecular weight is 657 g/mol. The maximum atomic E-state index is 8.60. The molecule has 0 aliphatic carbocycles. The molecule has 188 valence electrons. The number of morpholine rings is 2. The standard InChI is InChI=1S/2C10H11ClN3O.4ClH.Zn/c2*11-9-7-8(13-12)1-2-10(9)14-3-5-15-6-4-14;;;;;/h2*1-2,7H,3-6H2;4*1H;/q2*+1;;;;;+2/p-4. The van der Waals surface area contributed by atoms with Crippen molar-refractivity contribution >= 4 is 46.0 Å². The van der Waals surface area contributed by atoms with Crippen LogP contribution in [0.3, 0.4) is 0 Å². The van der Waals surface area contributed by atoms with Crippen molar-refractivity contribution in [3.05, 3.63) is 56.4 Å². The zero-order chi connectivity index (χ0) is 21.3. The van der Waals surface area contributed by atoms with E-state index in [1.54, 1.807) is 24.3 Å². The molecule has 4 rings (SSSR count). The van der Waals surface area contributed by atoms with Crippen molar-refractivity contribution < 1.29 is 78.6 Å². The van der Waals surface area contributed by atoms with E-state index in [0.29, 0.717) is 21.4 Å². The van der Waals surface area contributed by atoms with E-state index in [4.69, 9.17) is 43.5 Å². The normalized spacial score (nSPS) is 13.8. The van der Waals surface area contributed by atoms with Gasteiger partial charge in [-0.25, -0.2) is 0 Å². The van der Waals surface area contributed by atoms with Gasteiger partial charge in [0.1, 0.15) is 0 Å². The van der Waals surface area contributed by atoms with E-state index < -0.39 is 0 Å². The molecule has 2 aromatic carbocycles. The van der Waals surface area contributed by atoms with Gasteiger partial charge in [0.15, 0.2) is 9.95 Å². The molecule has 2 aliphatic heterocycles. The summed E-state index contributed by atoms with van der Waals surface area (Å²) in [5, 5.41) is 18.4. The molecule has 2 heterocycles. The summed E-state index contributed by atoms with van der Waals surface area (Å²) in [6.45, 7) is 6.27. The van der Waals surface area contributed by atoms with Crippen molar-refractivity contribution in [2.75, 3.05) is 62.4 Å². The van der Waals surface area contributed by atoms with E-state index in [0.717, 1.165) is 64.0 Å². The number of ether oxygens (including phenoxy) is 2. The Morgan fingerprint density at radius 2 is 0.943 bits per heavy atom. The Morgan fingerprint density at radius 1 is 0.629 bits per heavy atom. The Balaban J connectivity index is -0.000000512. The second-order valence-corrected chi connectivity index (χ2v) is 7.48. The number of halogens is 6. The summed E-state index contributed by atoms with van der Waals surface area (Å²) in [5.41, 5.74) is 2.87. The Morgan fingerprint density at radius 3 is 1.20 bits per heavy atom. The molecule has 8 nitrogen and oxygen atoms in total.